The van der Waals surface area contributed by atoms with E-state index in [0.29, 0.717) is 5.75 Å². The molecule has 0 aromatic heterocycles. The lowest BCUT2D eigenvalue weighted by molar-refractivity contribution is 0.314. The summed E-state index contributed by atoms with van der Waals surface area (Å²) in [7, 11) is -0.767. The summed E-state index contributed by atoms with van der Waals surface area (Å²) in [6, 6.07) is 6.70. The van der Waals surface area contributed by atoms with Crippen LogP contribution in [0.5, 0.6) is 5.75 Å². The van der Waals surface area contributed by atoms with Gasteiger partial charge in [-0.15, -0.1) is 0 Å². The first kappa shape index (κ1) is 15.0. The Kier molecular flexibility index (Phi) is 5.42. The first-order valence-corrected chi connectivity index (χ1v) is 9.06. The van der Waals surface area contributed by atoms with Crippen LogP contribution in [0.25, 0.3) is 0 Å². The second kappa shape index (κ2) is 6.86. The molecular weight excluding hydrogens is 326 g/mol. The highest BCUT2D eigenvalue weighted by Gasteiger charge is 2.21. The molecule has 0 aliphatic carbocycles. The maximum atomic E-state index is 11.3. The van der Waals surface area contributed by atoms with Crippen molar-refractivity contribution in [2.45, 2.75) is 31.8 Å². The Labute approximate surface area is 125 Å². The number of ether oxygens (including phenoxy) is 1. The zero-order valence-corrected chi connectivity index (χ0v) is 13.7. The normalized spacial score (nSPS) is 21.9. The molecule has 0 amide bonds. The van der Waals surface area contributed by atoms with Crippen molar-refractivity contribution in [1.82, 2.24) is 5.32 Å². The van der Waals surface area contributed by atoms with Gasteiger partial charge in [-0.3, -0.25) is 4.21 Å². The lowest BCUT2D eigenvalue weighted by Gasteiger charge is -2.22. The molecule has 2 rings (SSSR count). The molecule has 19 heavy (non-hydrogen) atoms. The molecule has 0 saturated heterocycles. The molecule has 3 atom stereocenters. The van der Waals surface area contributed by atoms with Gasteiger partial charge in [0.15, 0.2) is 0 Å². The summed E-state index contributed by atoms with van der Waals surface area (Å²) in [4.78, 5) is 0. The van der Waals surface area contributed by atoms with E-state index in [0.717, 1.165) is 29.7 Å². The van der Waals surface area contributed by atoms with E-state index in [1.54, 1.807) is 6.26 Å². The monoisotopic (exact) mass is 345 g/mol. The molecule has 106 valence electrons. The summed E-state index contributed by atoms with van der Waals surface area (Å²) in [5, 5.41) is 3.58. The van der Waals surface area contributed by atoms with Crippen molar-refractivity contribution < 1.29 is 8.95 Å². The summed E-state index contributed by atoms with van der Waals surface area (Å²) >= 11 is 3.48. The third kappa shape index (κ3) is 4.29. The standard InChI is InChI=1S/C14H20BrNO2S/c1-10(9-19(2)17)16-13-4-3-7-18-14-8-11(15)5-6-12(13)14/h5-6,8,10,13,16H,3-4,7,9H2,1-2H3. The van der Waals surface area contributed by atoms with Gasteiger partial charge in [-0.05, 0) is 31.9 Å². The molecule has 1 aromatic rings. The number of nitrogens with one attached hydrogen (secondary N) is 1. The van der Waals surface area contributed by atoms with Crippen LogP contribution in [-0.2, 0) is 10.8 Å². The van der Waals surface area contributed by atoms with Crippen molar-refractivity contribution in [1.29, 1.82) is 0 Å². The topological polar surface area (TPSA) is 38.3 Å². The minimum atomic E-state index is -0.767. The molecule has 3 unspecified atom stereocenters. The summed E-state index contributed by atoms with van der Waals surface area (Å²) in [5.41, 5.74) is 1.20. The van der Waals surface area contributed by atoms with Crippen LogP contribution < -0.4 is 10.1 Å². The molecule has 0 fully saturated rings. The first-order valence-electron chi connectivity index (χ1n) is 6.54. The maximum Gasteiger partial charge on any atom is 0.125 e. The molecule has 0 spiro atoms. The average Bonchev–Trinajstić information content (AvgIpc) is 2.50. The van der Waals surface area contributed by atoms with Crippen LogP contribution in [0.1, 0.15) is 31.4 Å². The molecule has 0 saturated carbocycles. The van der Waals surface area contributed by atoms with Crippen molar-refractivity contribution in [2.24, 2.45) is 0 Å². The number of benzene rings is 1. The largest absolute Gasteiger partial charge is 0.493 e. The lowest BCUT2D eigenvalue weighted by Crippen LogP contribution is -2.34. The molecule has 5 heteroatoms. The number of rotatable bonds is 4. The van der Waals surface area contributed by atoms with Crippen LogP contribution in [0.15, 0.2) is 22.7 Å². The molecule has 3 nitrogen and oxygen atoms in total. The summed E-state index contributed by atoms with van der Waals surface area (Å²) in [6.07, 6.45) is 3.83. The molecule has 0 bridgehead atoms. The molecule has 1 N–H and O–H groups in total. The van der Waals surface area contributed by atoms with Crippen molar-refractivity contribution in [3.63, 3.8) is 0 Å². The number of fused-ring (bicyclic) bond motifs is 1. The second-order valence-corrected chi connectivity index (χ2v) is 7.43. The summed E-state index contributed by atoms with van der Waals surface area (Å²) in [6.45, 7) is 2.85. The Bertz CT molecular complexity index is 467. The fourth-order valence-corrected chi connectivity index (χ4v) is 3.60. The smallest absolute Gasteiger partial charge is 0.125 e. The van der Waals surface area contributed by atoms with E-state index in [2.05, 4.69) is 34.2 Å². The highest BCUT2D eigenvalue weighted by Crippen LogP contribution is 2.33. The Morgan fingerprint density at radius 3 is 3.11 bits per heavy atom. The Morgan fingerprint density at radius 2 is 2.37 bits per heavy atom. The molecule has 0 radical (unpaired) electrons. The van der Waals surface area contributed by atoms with Gasteiger partial charge in [0.25, 0.3) is 0 Å². The van der Waals surface area contributed by atoms with E-state index in [-0.39, 0.29) is 12.1 Å². The molecule has 1 aliphatic heterocycles. The van der Waals surface area contributed by atoms with Gasteiger partial charge in [0.2, 0.25) is 0 Å². The van der Waals surface area contributed by atoms with Crippen LogP contribution in [0.3, 0.4) is 0 Å². The average molecular weight is 346 g/mol. The number of halogens is 1. The van der Waals surface area contributed by atoms with Gasteiger partial charge in [0.05, 0.1) is 6.61 Å². The van der Waals surface area contributed by atoms with Gasteiger partial charge in [0, 0.05) is 44.9 Å². The number of hydrogen-bond acceptors (Lipinski definition) is 3. The Balaban J connectivity index is 2.15. The zero-order chi connectivity index (χ0) is 13.8. The van der Waals surface area contributed by atoms with Gasteiger partial charge >= 0.3 is 0 Å². The minimum absolute atomic E-state index is 0.241. The van der Waals surface area contributed by atoms with Crippen LogP contribution >= 0.6 is 15.9 Å². The van der Waals surface area contributed by atoms with Crippen LogP contribution in [0, 0.1) is 0 Å². The van der Waals surface area contributed by atoms with E-state index < -0.39 is 10.8 Å². The quantitative estimate of drug-likeness (QED) is 0.911. The molecule has 1 aromatic carbocycles. The third-order valence-corrected chi connectivity index (χ3v) is 4.68. The Hall–Kier alpha value is -0.390. The summed E-state index contributed by atoms with van der Waals surface area (Å²) < 4.78 is 18.1. The van der Waals surface area contributed by atoms with Gasteiger partial charge in [-0.25, -0.2) is 0 Å². The predicted molar refractivity (Wildman–Crippen MR) is 83.1 cm³/mol. The van der Waals surface area contributed by atoms with Crippen LogP contribution in [-0.4, -0.2) is 28.9 Å². The third-order valence-electron chi connectivity index (χ3n) is 3.22. The predicted octanol–water partition coefficient (Wildman–Crippen LogP) is 3.02. The molecule has 1 aliphatic rings. The summed E-state index contributed by atoms with van der Waals surface area (Å²) in [5.74, 6) is 1.64. The van der Waals surface area contributed by atoms with Crippen molar-refractivity contribution in [3.05, 3.63) is 28.2 Å². The van der Waals surface area contributed by atoms with E-state index in [4.69, 9.17) is 4.74 Å². The SMILES string of the molecule is CC(CS(C)=O)NC1CCCOc2cc(Br)ccc21. The highest BCUT2D eigenvalue weighted by molar-refractivity contribution is 9.10. The van der Waals surface area contributed by atoms with Gasteiger partial charge in [0.1, 0.15) is 5.75 Å². The van der Waals surface area contributed by atoms with Gasteiger partial charge < -0.3 is 10.1 Å². The lowest BCUT2D eigenvalue weighted by atomic mass is 10.0. The van der Waals surface area contributed by atoms with Crippen LogP contribution in [0.2, 0.25) is 0 Å². The fraction of sp³-hybridized carbons (Fsp3) is 0.571. The van der Waals surface area contributed by atoms with Crippen molar-refractivity contribution in [2.75, 3.05) is 18.6 Å². The van der Waals surface area contributed by atoms with E-state index in [1.165, 1.54) is 5.56 Å². The van der Waals surface area contributed by atoms with E-state index >= 15 is 0 Å². The van der Waals surface area contributed by atoms with Gasteiger partial charge in [-0.2, -0.15) is 0 Å². The molecule has 1 heterocycles. The van der Waals surface area contributed by atoms with Crippen molar-refractivity contribution >= 4 is 26.7 Å². The first-order chi connectivity index (χ1) is 9.06. The fourth-order valence-electron chi connectivity index (χ4n) is 2.46. The van der Waals surface area contributed by atoms with E-state index in [9.17, 15) is 4.21 Å². The maximum absolute atomic E-state index is 11.3. The van der Waals surface area contributed by atoms with Gasteiger partial charge in [-0.1, -0.05) is 22.0 Å². The Morgan fingerprint density at radius 1 is 1.58 bits per heavy atom. The van der Waals surface area contributed by atoms with E-state index in [1.807, 2.05) is 12.1 Å². The van der Waals surface area contributed by atoms with Crippen LogP contribution in [0.4, 0.5) is 0 Å². The zero-order valence-electron chi connectivity index (χ0n) is 11.3. The minimum Gasteiger partial charge on any atom is -0.493 e. The molecular formula is C14H20BrNO2S. The van der Waals surface area contributed by atoms with Crippen molar-refractivity contribution in [3.8, 4) is 5.75 Å². The number of hydrogen-bond donors (Lipinski definition) is 1. The second-order valence-electron chi connectivity index (χ2n) is 5.03. The highest BCUT2D eigenvalue weighted by atomic mass is 79.9.